The van der Waals surface area contributed by atoms with Crippen molar-refractivity contribution in [2.24, 2.45) is 0 Å². The number of rotatable bonds is 7. The van der Waals surface area contributed by atoms with Crippen LogP contribution in [0.4, 0.5) is 0 Å². The number of nitrogens with one attached hydrogen (secondary N) is 3. The highest BCUT2D eigenvalue weighted by Crippen LogP contribution is 2.15. The molecule has 132 valence electrons. The standard InChI is InChI=1S/C18H21N3O3S/c1-13-5-7-14(8-6-13)4-2-3-11-19-25(23,24)15-9-10-16-17(12-15)21-18(22)20-16/h5-10,12,19H,2-4,11H2,1H3,(H2,20,21,22). The molecule has 0 aliphatic carbocycles. The first kappa shape index (κ1) is 17.4. The molecule has 0 aliphatic heterocycles. The minimum atomic E-state index is -3.58. The van der Waals surface area contributed by atoms with Crippen molar-refractivity contribution >= 4 is 21.1 Å². The average Bonchev–Trinajstić information content (AvgIpc) is 2.95. The lowest BCUT2D eigenvalue weighted by Crippen LogP contribution is -2.24. The summed E-state index contributed by atoms with van der Waals surface area (Å²) in [6.07, 6.45) is 2.60. The van der Waals surface area contributed by atoms with Crippen LogP contribution in [0.15, 0.2) is 52.2 Å². The summed E-state index contributed by atoms with van der Waals surface area (Å²) in [7, 11) is -3.58. The molecule has 7 heteroatoms. The summed E-state index contributed by atoms with van der Waals surface area (Å²) in [4.78, 5) is 16.6. The number of aromatic nitrogens is 2. The largest absolute Gasteiger partial charge is 0.323 e. The lowest BCUT2D eigenvalue weighted by Gasteiger charge is -2.07. The van der Waals surface area contributed by atoms with E-state index in [0.29, 0.717) is 17.6 Å². The Kier molecular flexibility index (Phi) is 5.06. The van der Waals surface area contributed by atoms with E-state index >= 15 is 0 Å². The molecule has 3 rings (SSSR count). The molecule has 2 aromatic carbocycles. The second-order valence-corrected chi connectivity index (χ2v) is 7.89. The highest BCUT2D eigenvalue weighted by atomic mass is 32.2. The van der Waals surface area contributed by atoms with Gasteiger partial charge in [-0.05, 0) is 49.9 Å². The Morgan fingerprint density at radius 1 is 0.960 bits per heavy atom. The number of hydrogen-bond acceptors (Lipinski definition) is 3. The minimum Gasteiger partial charge on any atom is -0.306 e. The van der Waals surface area contributed by atoms with Gasteiger partial charge in [-0.3, -0.25) is 0 Å². The number of aryl methyl sites for hydroxylation is 2. The van der Waals surface area contributed by atoms with Crippen LogP contribution >= 0.6 is 0 Å². The van der Waals surface area contributed by atoms with Gasteiger partial charge in [0, 0.05) is 6.54 Å². The van der Waals surface area contributed by atoms with Crippen LogP contribution in [0.1, 0.15) is 24.0 Å². The van der Waals surface area contributed by atoms with Crippen LogP contribution in [0.5, 0.6) is 0 Å². The Bertz CT molecular complexity index is 1020. The van der Waals surface area contributed by atoms with Gasteiger partial charge in [-0.15, -0.1) is 0 Å². The molecule has 0 spiro atoms. The predicted molar refractivity (Wildman–Crippen MR) is 98.2 cm³/mol. The highest BCUT2D eigenvalue weighted by molar-refractivity contribution is 7.89. The first-order valence-corrected chi connectivity index (χ1v) is 9.70. The Morgan fingerprint density at radius 2 is 1.68 bits per heavy atom. The molecule has 0 atom stereocenters. The highest BCUT2D eigenvalue weighted by Gasteiger charge is 2.14. The molecule has 0 radical (unpaired) electrons. The first-order chi connectivity index (χ1) is 11.9. The van der Waals surface area contributed by atoms with Gasteiger partial charge in [-0.2, -0.15) is 0 Å². The van der Waals surface area contributed by atoms with Crippen LogP contribution in [0, 0.1) is 6.92 Å². The van der Waals surface area contributed by atoms with E-state index in [2.05, 4.69) is 45.9 Å². The molecule has 0 aliphatic rings. The summed E-state index contributed by atoms with van der Waals surface area (Å²) in [5, 5.41) is 0. The van der Waals surface area contributed by atoms with Crippen LogP contribution in [0.2, 0.25) is 0 Å². The maximum atomic E-state index is 12.3. The lowest BCUT2D eigenvalue weighted by molar-refractivity contribution is 0.577. The number of aromatic amines is 2. The third-order valence-electron chi connectivity index (χ3n) is 4.10. The Labute approximate surface area is 146 Å². The van der Waals surface area contributed by atoms with Crippen LogP contribution in [0.25, 0.3) is 11.0 Å². The van der Waals surface area contributed by atoms with Crippen molar-refractivity contribution in [2.45, 2.75) is 31.1 Å². The van der Waals surface area contributed by atoms with E-state index in [-0.39, 0.29) is 10.6 Å². The SMILES string of the molecule is Cc1ccc(CCCCNS(=O)(=O)c2ccc3[nH]c(=O)[nH]c3c2)cc1. The number of imidazole rings is 1. The molecule has 0 saturated heterocycles. The molecule has 25 heavy (non-hydrogen) atoms. The number of hydrogen-bond donors (Lipinski definition) is 3. The molecule has 1 heterocycles. The van der Waals surface area contributed by atoms with E-state index in [4.69, 9.17) is 0 Å². The van der Waals surface area contributed by atoms with Crippen molar-refractivity contribution in [3.63, 3.8) is 0 Å². The smallest absolute Gasteiger partial charge is 0.306 e. The summed E-state index contributed by atoms with van der Waals surface area (Å²) in [6.45, 7) is 2.44. The van der Waals surface area contributed by atoms with Gasteiger partial charge in [-0.1, -0.05) is 29.8 Å². The van der Waals surface area contributed by atoms with Gasteiger partial charge in [0.2, 0.25) is 10.0 Å². The zero-order valence-electron chi connectivity index (χ0n) is 14.0. The number of benzene rings is 2. The fourth-order valence-electron chi connectivity index (χ4n) is 2.68. The molecular formula is C18H21N3O3S. The van der Waals surface area contributed by atoms with Crippen molar-refractivity contribution in [2.75, 3.05) is 6.54 Å². The Morgan fingerprint density at radius 3 is 2.44 bits per heavy atom. The molecule has 3 aromatic rings. The number of fused-ring (bicyclic) bond motifs is 1. The van der Waals surface area contributed by atoms with Gasteiger partial charge in [-0.25, -0.2) is 17.9 Å². The summed E-state index contributed by atoms with van der Waals surface area (Å²) < 4.78 is 27.3. The molecule has 1 aromatic heterocycles. The Balaban J connectivity index is 1.54. The molecule has 0 bridgehead atoms. The van der Waals surface area contributed by atoms with Crippen molar-refractivity contribution in [3.05, 3.63) is 64.1 Å². The molecule has 6 nitrogen and oxygen atoms in total. The molecular weight excluding hydrogens is 338 g/mol. The summed E-state index contributed by atoms with van der Waals surface area (Å²) in [5.74, 6) is 0. The van der Waals surface area contributed by atoms with E-state index in [0.717, 1.165) is 19.3 Å². The van der Waals surface area contributed by atoms with Gasteiger partial charge >= 0.3 is 5.69 Å². The van der Waals surface area contributed by atoms with Crippen LogP contribution in [-0.2, 0) is 16.4 Å². The van der Waals surface area contributed by atoms with E-state index < -0.39 is 10.0 Å². The maximum Gasteiger partial charge on any atom is 0.323 e. The predicted octanol–water partition coefficient (Wildman–Crippen LogP) is 2.47. The van der Waals surface area contributed by atoms with E-state index in [9.17, 15) is 13.2 Å². The second-order valence-electron chi connectivity index (χ2n) is 6.13. The third-order valence-corrected chi connectivity index (χ3v) is 5.56. The minimum absolute atomic E-state index is 0.147. The molecule has 0 fully saturated rings. The Hall–Kier alpha value is -2.38. The zero-order valence-corrected chi connectivity index (χ0v) is 14.8. The third kappa shape index (κ3) is 4.37. The fraction of sp³-hybridized carbons (Fsp3) is 0.278. The van der Waals surface area contributed by atoms with Gasteiger partial charge in [0.15, 0.2) is 0 Å². The second kappa shape index (κ2) is 7.25. The maximum absolute atomic E-state index is 12.3. The van der Waals surface area contributed by atoms with Gasteiger partial charge < -0.3 is 9.97 Å². The fourth-order valence-corrected chi connectivity index (χ4v) is 3.78. The molecule has 3 N–H and O–H groups in total. The van der Waals surface area contributed by atoms with Gasteiger partial charge in [0.1, 0.15) is 0 Å². The molecule has 0 saturated carbocycles. The summed E-state index contributed by atoms with van der Waals surface area (Å²) >= 11 is 0. The summed E-state index contributed by atoms with van der Waals surface area (Å²) in [6, 6.07) is 12.9. The van der Waals surface area contributed by atoms with Crippen molar-refractivity contribution in [1.82, 2.24) is 14.7 Å². The van der Waals surface area contributed by atoms with E-state index in [1.54, 1.807) is 6.07 Å². The van der Waals surface area contributed by atoms with Crippen molar-refractivity contribution < 1.29 is 8.42 Å². The van der Waals surface area contributed by atoms with Crippen LogP contribution in [0.3, 0.4) is 0 Å². The number of sulfonamides is 1. The summed E-state index contributed by atoms with van der Waals surface area (Å²) in [5.41, 5.74) is 3.20. The van der Waals surface area contributed by atoms with Gasteiger partial charge in [0.05, 0.1) is 15.9 Å². The molecule has 0 amide bonds. The van der Waals surface area contributed by atoms with Crippen LogP contribution in [-0.4, -0.2) is 24.9 Å². The quantitative estimate of drug-likeness (QED) is 0.566. The monoisotopic (exact) mass is 359 g/mol. The average molecular weight is 359 g/mol. The van der Waals surface area contributed by atoms with E-state index in [1.807, 2.05) is 0 Å². The van der Waals surface area contributed by atoms with Gasteiger partial charge in [0.25, 0.3) is 0 Å². The molecule has 0 unspecified atom stereocenters. The number of unbranched alkanes of at least 4 members (excludes halogenated alkanes) is 1. The van der Waals surface area contributed by atoms with E-state index in [1.165, 1.54) is 23.3 Å². The topological polar surface area (TPSA) is 94.8 Å². The zero-order chi connectivity index (χ0) is 17.9. The van der Waals surface area contributed by atoms with Crippen LogP contribution < -0.4 is 10.4 Å². The number of H-pyrrole nitrogens is 2. The first-order valence-electron chi connectivity index (χ1n) is 8.21. The van der Waals surface area contributed by atoms with Crippen molar-refractivity contribution in [3.8, 4) is 0 Å². The van der Waals surface area contributed by atoms with Crippen molar-refractivity contribution in [1.29, 1.82) is 0 Å². The normalized spacial score (nSPS) is 11.9. The lowest BCUT2D eigenvalue weighted by atomic mass is 10.1.